The maximum absolute atomic E-state index is 12.6. The van der Waals surface area contributed by atoms with Crippen LogP contribution in [0.5, 0.6) is 0 Å². The van der Waals surface area contributed by atoms with Crippen LogP contribution in [0.25, 0.3) is 0 Å². The molecule has 0 N–H and O–H groups in total. The van der Waals surface area contributed by atoms with Crippen LogP contribution in [0.2, 0.25) is 0 Å². The molecule has 42 heavy (non-hydrogen) atoms. The van der Waals surface area contributed by atoms with Crippen molar-refractivity contribution in [2.75, 3.05) is 13.1 Å². The van der Waals surface area contributed by atoms with Gasteiger partial charge in [0, 0.05) is 25.9 Å². The van der Waals surface area contributed by atoms with Gasteiger partial charge in [0.15, 0.2) is 0 Å². The molecule has 3 heteroatoms. The van der Waals surface area contributed by atoms with E-state index in [0.717, 1.165) is 32.2 Å². The summed E-state index contributed by atoms with van der Waals surface area (Å²) in [6.07, 6.45) is 44.1. The first-order valence-corrected chi connectivity index (χ1v) is 19.5. The molecule has 0 aromatic carbocycles. The highest BCUT2D eigenvalue weighted by molar-refractivity contribution is 5.78. The molecular weight excluding hydrogens is 514 g/mol. The molecule has 0 aliphatic rings. The fraction of sp³-hybridized carbons (Fsp3) is 0.949. The van der Waals surface area contributed by atoms with Crippen molar-refractivity contribution < 1.29 is 9.59 Å². The summed E-state index contributed by atoms with van der Waals surface area (Å²) in [4.78, 5) is 25.5. The highest BCUT2D eigenvalue weighted by atomic mass is 16.2. The number of amides is 1. The number of hydrogen-bond acceptors (Lipinski definition) is 2. The molecule has 0 saturated carbocycles. The third-order valence-electron chi connectivity index (χ3n) is 9.14. The van der Waals surface area contributed by atoms with Crippen LogP contribution in [0.1, 0.15) is 226 Å². The first kappa shape index (κ1) is 41.1. The normalized spacial score (nSPS) is 11.3. The van der Waals surface area contributed by atoms with Gasteiger partial charge in [0.05, 0.1) is 0 Å². The van der Waals surface area contributed by atoms with Gasteiger partial charge >= 0.3 is 0 Å². The van der Waals surface area contributed by atoms with E-state index in [0.29, 0.717) is 12.8 Å². The van der Waals surface area contributed by atoms with Gasteiger partial charge in [0.25, 0.3) is 0 Å². The van der Waals surface area contributed by atoms with Crippen LogP contribution in [-0.4, -0.2) is 30.2 Å². The number of rotatable bonds is 36. The number of carbonyl (C=O) groups is 2. The maximum Gasteiger partial charge on any atom is 0.222 e. The monoisotopic (exact) mass is 592 g/mol. The Morgan fingerprint density at radius 3 is 0.881 bits per heavy atom. The minimum Gasteiger partial charge on any atom is -0.343 e. The molecule has 0 heterocycles. The lowest BCUT2D eigenvalue weighted by molar-refractivity contribution is -0.132. The highest BCUT2D eigenvalue weighted by Crippen LogP contribution is 2.16. The SMILES string of the molecule is CCCCCCCCCCCCCCCCCCN(CCCCCCCCCCCCCCCCC)C(=O)CCC=O. The second kappa shape index (κ2) is 36.3. The Balaban J connectivity index is 3.67. The molecule has 0 aliphatic heterocycles. The molecule has 0 aliphatic carbocycles. The Hall–Kier alpha value is -0.860. The standard InChI is InChI=1S/C39H77NO2/c1-3-5-7-9-11-13-15-17-19-21-23-25-27-29-31-33-37-40(39(42)35-34-38-41)36-32-30-28-26-24-22-20-18-16-14-12-10-8-6-4-2/h38H,3-37H2,1-2H3. The smallest absolute Gasteiger partial charge is 0.222 e. The lowest BCUT2D eigenvalue weighted by Crippen LogP contribution is -2.32. The van der Waals surface area contributed by atoms with E-state index < -0.39 is 0 Å². The van der Waals surface area contributed by atoms with Crippen molar-refractivity contribution in [2.24, 2.45) is 0 Å². The van der Waals surface area contributed by atoms with Crippen LogP contribution < -0.4 is 0 Å². The van der Waals surface area contributed by atoms with Crippen LogP contribution in [0.4, 0.5) is 0 Å². The molecule has 0 unspecified atom stereocenters. The average Bonchev–Trinajstić information content (AvgIpc) is 3.00. The van der Waals surface area contributed by atoms with Crippen molar-refractivity contribution in [3.63, 3.8) is 0 Å². The van der Waals surface area contributed by atoms with E-state index in [1.165, 1.54) is 186 Å². The van der Waals surface area contributed by atoms with E-state index in [9.17, 15) is 9.59 Å². The van der Waals surface area contributed by atoms with Gasteiger partial charge < -0.3 is 9.69 Å². The van der Waals surface area contributed by atoms with Crippen LogP contribution >= 0.6 is 0 Å². The fourth-order valence-corrected chi connectivity index (χ4v) is 6.23. The molecule has 0 rings (SSSR count). The second-order valence-corrected chi connectivity index (χ2v) is 13.3. The summed E-state index contributed by atoms with van der Waals surface area (Å²) >= 11 is 0. The zero-order valence-electron chi connectivity index (χ0n) is 29.1. The summed E-state index contributed by atoms with van der Waals surface area (Å²) in [5, 5.41) is 0. The first-order chi connectivity index (χ1) is 20.8. The van der Waals surface area contributed by atoms with Gasteiger partial charge in [0.1, 0.15) is 6.29 Å². The Morgan fingerprint density at radius 2 is 0.643 bits per heavy atom. The van der Waals surface area contributed by atoms with Crippen LogP contribution in [0.15, 0.2) is 0 Å². The van der Waals surface area contributed by atoms with Crippen molar-refractivity contribution in [2.45, 2.75) is 226 Å². The van der Waals surface area contributed by atoms with Gasteiger partial charge in [-0.1, -0.05) is 200 Å². The van der Waals surface area contributed by atoms with Crippen molar-refractivity contribution in [3.8, 4) is 0 Å². The molecule has 1 amide bonds. The number of unbranched alkanes of at least 4 members (excludes halogenated alkanes) is 29. The lowest BCUT2D eigenvalue weighted by atomic mass is 10.0. The van der Waals surface area contributed by atoms with Crippen LogP contribution in [0.3, 0.4) is 0 Å². The van der Waals surface area contributed by atoms with E-state index in [4.69, 9.17) is 0 Å². The van der Waals surface area contributed by atoms with Gasteiger partial charge in [-0.3, -0.25) is 4.79 Å². The van der Waals surface area contributed by atoms with Gasteiger partial charge in [-0.2, -0.15) is 0 Å². The predicted octanol–water partition coefficient (Wildman–Crippen LogP) is 12.9. The van der Waals surface area contributed by atoms with E-state index in [1.54, 1.807) is 0 Å². The van der Waals surface area contributed by atoms with Crippen molar-refractivity contribution in [1.29, 1.82) is 0 Å². The summed E-state index contributed by atoms with van der Waals surface area (Å²) in [6, 6.07) is 0. The maximum atomic E-state index is 12.6. The second-order valence-electron chi connectivity index (χ2n) is 13.3. The first-order valence-electron chi connectivity index (χ1n) is 19.5. The third-order valence-corrected chi connectivity index (χ3v) is 9.14. The van der Waals surface area contributed by atoms with Crippen molar-refractivity contribution >= 4 is 12.2 Å². The Labute approximate surface area is 265 Å². The molecule has 3 nitrogen and oxygen atoms in total. The summed E-state index contributed by atoms with van der Waals surface area (Å²) in [7, 11) is 0. The third kappa shape index (κ3) is 32.1. The Bertz CT molecular complexity index is 534. The van der Waals surface area contributed by atoms with Crippen molar-refractivity contribution in [3.05, 3.63) is 0 Å². The van der Waals surface area contributed by atoms with Crippen molar-refractivity contribution in [1.82, 2.24) is 4.90 Å². The van der Waals surface area contributed by atoms with Crippen LogP contribution in [-0.2, 0) is 9.59 Å². The molecule has 0 radical (unpaired) electrons. The molecular formula is C39H77NO2. The van der Waals surface area contributed by atoms with E-state index in [1.807, 2.05) is 0 Å². The van der Waals surface area contributed by atoms with Crippen LogP contribution in [0, 0.1) is 0 Å². The molecule has 250 valence electrons. The van der Waals surface area contributed by atoms with E-state index in [2.05, 4.69) is 18.7 Å². The molecule has 0 fully saturated rings. The largest absolute Gasteiger partial charge is 0.343 e. The quantitative estimate of drug-likeness (QED) is 0.0537. The Kier molecular flexibility index (Phi) is 35.6. The molecule has 0 aromatic heterocycles. The number of carbonyl (C=O) groups excluding carboxylic acids is 2. The molecule has 0 aromatic rings. The summed E-state index contributed by atoms with van der Waals surface area (Å²) < 4.78 is 0. The minimum atomic E-state index is 0.188. The minimum absolute atomic E-state index is 0.188. The molecule has 0 saturated heterocycles. The number of aldehydes is 1. The topological polar surface area (TPSA) is 37.4 Å². The molecule has 0 atom stereocenters. The molecule has 0 bridgehead atoms. The number of nitrogens with zero attached hydrogens (tertiary/aromatic N) is 1. The van der Waals surface area contributed by atoms with E-state index >= 15 is 0 Å². The van der Waals surface area contributed by atoms with E-state index in [-0.39, 0.29) is 5.91 Å². The summed E-state index contributed by atoms with van der Waals surface area (Å²) in [5.74, 6) is 0.188. The van der Waals surface area contributed by atoms with Gasteiger partial charge in [0.2, 0.25) is 5.91 Å². The highest BCUT2D eigenvalue weighted by Gasteiger charge is 2.12. The van der Waals surface area contributed by atoms with Gasteiger partial charge in [-0.05, 0) is 12.8 Å². The van der Waals surface area contributed by atoms with Gasteiger partial charge in [-0.25, -0.2) is 0 Å². The summed E-state index contributed by atoms with van der Waals surface area (Å²) in [6.45, 7) is 6.35. The zero-order valence-corrected chi connectivity index (χ0v) is 29.1. The summed E-state index contributed by atoms with van der Waals surface area (Å²) in [5.41, 5.74) is 0. The van der Waals surface area contributed by atoms with Gasteiger partial charge in [-0.15, -0.1) is 0 Å². The fourth-order valence-electron chi connectivity index (χ4n) is 6.23. The molecule has 0 spiro atoms. The number of hydrogen-bond donors (Lipinski definition) is 0. The Morgan fingerprint density at radius 1 is 0.405 bits per heavy atom. The predicted molar refractivity (Wildman–Crippen MR) is 186 cm³/mol. The average molecular weight is 592 g/mol. The zero-order chi connectivity index (χ0) is 30.6. The lowest BCUT2D eigenvalue weighted by Gasteiger charge is -2.22.